The highest BCUT2D eigenvalue weighted by atomic mass is 79.9. The van der Waals surface area contributed by atoms with Crippen LogP contribution in [-0.4, -0.2) is 35.1 Å². The van der Waals surface area contributed by atoms with Crippen LogP contribution in [0.15, 0.2) is 34.9 Å². The first-order chi connectivity index (χ1) is 10.1. The maximum absolute atomic E-state index is 4.45. The molecule has 0 unspecified atom stereocenters. The first-order valence-corrected chi connectivity index (χ1v) is 8.47. The zero-order chi connectivity index (χ0) is 14.8. The minimum atomic E-state index is 0.564. The number of nitrogens with zero attached hydrogens (tertiary/aromatic N) is 2. The number of nitrogens with one attached hydrogen (secondary N) is 1. The van der Waals surface area contributed by atoms with Crippen LogP contribution in [0.4, 0.5) is 5.69 Å². The minimum absolute atomic E-state index is 0.564. The molecule has 3 nitrogen and oxygen atoms in total. The summed E-state index contributed by atoms with van der Waals surface area (Å²) in [5.74, 6) is 0. The molecular weight excluding hydrogens is 326 g/mol. The van der Waals surface area contributed by atoms with Crippen LogP contribution in [0.5, 0.6) is 0 Å². The molecule has 1 aliphatic rings. The number of aromatic nitrogens is 1. The van der Waals surface area contributed by atoms with Crippen LogP contribution < -0.4 is 5.32 Å². The van der Waals surface area contributed by atoms with Crippen LogP contribution in [0.1, 0.15) is 26.7 Å². The first-order valence-electron chi connectivity index (χ1n) is 7.68. The minimum Gasteiger partial charge on any atom is -0.382 e. The molecule has 0 bridgehead atoms. The van der Waals surface area contributed by atoms with Crippen LogP contribution in [0.25, 0.3) is 10.9 Å². The van der Waals surface area contributed by atoms with Crippen molar-refractivity contribution in [1.82, 2.24) is 9.88 Å². The lowest BCUT2D eigenvalue weighted by molar-refractivity contribution is 0.177. The maximum Gasteiger partial charge on any atom is 0.0733 e. The van der Waals surface area contributed by atoms with E-state index in [0.29, 0.717) is 12.1 Å². The molecular formula is C17H22BrN3. The van der Waals surface area contributed by atoms with Crippen molar-refractivity contribution in [3.63, 3.8) is 0 Å². The Bertz CT molecular complexity index is 618. The van der Waals surface area contributed by atoms with Gasteiger partial charge in [-0.2, -0.15) is 0 Å². The standard InChI is InChI=1S/C17H22BrN3/c1-12(2)21-9-6-14(7-10-21)20-16-5-8-19-17-11-13(18)3-4-15(16)17/h3-5,8,11-12,14H,6-7,9-10H2,1-2H3,(H,19,20). The van der Waals surface area contributed by atoms with E-state index in [9.17, 15) is 0 Å². The van der Waals surface area contributed by atoms with Gasteiger partial charge in [-0.1, -0.05) is 15.9 Å². The van der Waals surface area contributed by atoms with Crippen molar-refractivity contribution in [1.29, 1.82) is 0 Å². The lowest BCUT2D eigenvalue weighted by Crippen LogP contribution is -2.42. The van der Waals surface area contributed by atoms with Gasteiger partial charge in [0.25, 0.3) is 0 Å². The molecule has 21 heavy (non-hydrogen) atoms. The number of piperidine rings is 1. The number of benzene rings is 1. The zero-order valence-corrected chi connectivity index (χ0v) is 14.2. The molecule has 1 fully saturated rings. The van der Waals surface area contributed by atoms with Crippen LogP contribution in [0.3, 0.4) is 0 Å². The molecule has 0 aliphatic carbocycles. The summed E-state index contributed by atoms with van der Waals surface area (Å²) in [6, 6.07) is 9.60. The fourth-order valence-corrected chi connectivity index (χ4v) is 3.38. The molecule has 1 saturated heterocycles. The fourth-order valence-electron chi connectivity index (χ4n) is 3.03. The van der Waals surface area contributed by atoms with E-state index in [2.05, 4.69) is 69.2 Å². The molecule has 112 valence electrons. The monoisotopic (exact) mass is 347 g/mol. The average Bonchev–Trinajstić information content (AvgIpc) is 2.47. The van der Waals surface area contributed by atoms with Crippen LogP contribution in [0, 0.1) is 0 Å². The van der Waals surface area contributed by atoms with E-state index in [-0.39, 0.29) is 0 Å². The third kappa shape index (κ3) is 3.38. The van der Waals surface area contributed by atoms with E-state index in [1.54, 1.807) is 0 Å². The Morgan fingerprint density at radius 3 is 2.71 bits per heavy atom. The van der Waals surface area contributed by atoms with Crippen molar-refractivity contribution >= 4 is 32.5 Å². The molecule has 1 aliphatic heterocycles. The van der Waals surface area contributed by atoms with Gasteiger partial charge < -0.3 is 10.2 Å². The summed E-state index contributed by atoms with van der Waals surface area (Å²) in [6.45, 7) is 6.93. The number of anilines is 1. The van der Waals surface area contributed by atoms with Crippen LogP contribution >= 0.6 is 15.9 Å². The van der Waals surface area contributed by atoms with Crippen LogP contribution in [0.2, 0.25) is 0 Å². The molecule has 0 amide bonds. The third-order valence-corrected chi connectivity index (χ3v) is 4.82. The number of hydrogen-bond donors (Lipinski definition) is 1. The summed E-state index contributed by atoms with van der Waals surface area (Å²) in [6.07, 6.45) is 4.30. The fraction of sp³-hybridized carbons (Fsp3) is 0.471. The quantitative estimate of drug-likeness (QED) is 0.897. The van der Waals surface area contributed by atoms with Gasteiger partial charge in [-0.3, -0.25) is 4.98 Å². The lowest BCUT2D eigenvalue weighted by atomic mass is 10.0. The molecule has 0 radical (unpaired) electrons. The van der Waals surface area contributed by atoms with E-state index >= 15 is 0 Å². The van der Waals surface area contributed by atoms with Gasteiger partial charge in [-0.25, -0.2) is 0 Å². The van der Waals surface area contributed by atoms with Crippen molar-refractivity contribution < 1.29 is 0 Å². The summed E-state index contributed by atoms with van der Waals surface area (Å²) in [7, 11) is 0. The number of hydrogen-bond acceptors (Lipinski definition) is 3. The molecule has 2 aromatic rings. The summed E-state index contributed by atoms with van der Waals surface area (Å²) in [5.41, 5.74) is 2.24. The first kappa shape index (κ1) is 14.8. The summed E-state index contributed by atoms with van der Waals surface area (Å²) >= 11 is 3.51. The Hall–Kier alpha value is -1.13. The van der Waals surface area contributed by atoms with Gasteiger partial charge in [0.2, 0.25) is 0 Å². The molecule has 1 aromatic heterocycles. The Kier molecular flexibility index (Phi) is 4.45. The molecule has 0 saturated carbocycles. The van der Waals surface area contributed by atoms with Crippen molar-refractivity contribution in [2.24, 2.45) is 0 Å². The zero-order valence-electron chi connectivity index (χ0n) is 12.6. The predicted octanol–water partition coefficient (Wildman–Crippen LogP) is 4.28. The molecule has 1 aromatic carbocycles. The number of pyridine rings is 1. The molecule has 3 rings (SSSR count). The Labute approximate surface area is 134 Å². The molecule has 0 atom stereocenters. The largest absolute Gasteiger partial charge is 0.382 e. The van der Waals surface area contributed by atoms with E-state index in [0.717, 1.165) is 9.99 Å². The molecule has 2 heterocycles. The number of halogens is 1. The van der Waals surface area contributed by atoms with Crippen molar-refractivity contribution in [2.45, 2.75) is 38.8 Å². The molecule has 1 N–H and O–H groups in total. The normalized spacial score (nSPS) is 17.5. The molecule has 0 spiro atoms. The van der Waals surface area contributed by atoms with Gasteiger partial charge in [0.1, 0.15) is 0 Å². The number of likely N-dealkylation sites (tertiary alicyclic amines) is 1. The highest BCUT2D eigenvalue weighted by Crippen LogP contribution is 2.26. The Morgan fingerprint density at radius 2 is 2.00 bits per heavy atom. The SMILES string of the molecule is CC(C)N1CCC(Nc2ccnc3cc(Br)ccc23)CC1. The third-order valence-electron chi connectivity index (χ3n) is 4.32. The maximum atomic E-state index is 4.45. The van der Waals surface area contributed by atoms with Gasteiger partial charge in [-0.05, 0) is 51.0 Å². The molecule has 4 heteroatoms. The summed E-state index contributed by atoms with van der Waals surface area (Å²) < 4.78 is 1.07. The Morgan fingerprint density at radius 1 is 1.24 bits per heavy atom. The summed E-state index contributed by atoms with van der Waals surface area (Å²) in [5, 5.41) is 4.92. The lowest BCUT2D eigenvalue weighted by Gasteiger charge is -2.35. The van der Waals surface area contributed by atoms with Crippen LogP contribution in [-0.2, 0) is 0 Å². The van der Waals surface area contributed by atoms with Gasteiger partial charge in [-0.15, -0.1) is 0 Å². The van der Waals surface area contributed by atoms with Crippen molar-refractivity contribution in [3.8, 4) is 0 Å². The van der Waals surface area contributed by atoms with E-state index in [1.165, 1.54) is 37.0 Å². The second kappa shape index (κ2) is 6.32. The van der Waals surface area contributed by atoms with Crippen molar-refractivity contribution in [2.75, 3.05) is 18.4 Å². The highest BCUT2D eigenvalue weighted by molar-refractivity contribution is 9.10. The number of fused-ring (bicyclic) bond motifs is 1. The van der Waals surface area contributed by atoms with Gasteiger partial charge in [0.05, 0.1) is 5.52 Å². The van der Waals surface area contributed by atoms with Gasteiger partial charge >= 0.3 is 0 Å². The summed E-state index contributed by atoms with van der Waals surface area (Å²) in [4.78, 5) is 7.01. The smallest absolute Gasteiger partial charge is 0.0733 e. The van der Waals surface area contributed by atoms with Gasteiger partial charge in [0.15, 0.2) is 0 Å². The number of rotatable bonds is 3. The highest BCUT2D eigenvalue weighted by Gasteiger charge is 2.21. The predicted molar refractivity (Wildman–Crippen MR) is 92.8 cm³/mol. The van der Waals surface area contributed by atoms with Crippen molar-refractivity contribution in [3.05, 3.63) is 34.9 Å². The van der Waals surface area contributed by atoms with E-state index in [4.69, 9.17) is 0 Å². The second-order valence-electron chi connectivity index (χ2n) is 6.07. The second-order valence-corrected chi connectivity index (χ2v) is 6.98. The van der Waals surface area contributed by atoms with E-state index < -0.39 is 0 Å². The van der Waals surface area contributed by atoms with E-state index in [1.807, 2.05) is 6.20 Å². The average molecular weight is 348 g/mol. The van der Waals surface area contributed by atoms with Gasteiger partial charge in [0, 0.05) is 46.9 Å². The topological polar surface area (TPSA) is 28.2 Å². The Balaban J connectivity index is 1.74.